The fraction of sp³-hybridized carbons (Fsp3) is 0.438. The molecule has 2 N–H and O–H groups in total. The first-order valence-corrected chi connectivity index (χ1v) is 7.22. The second-order valence-corrected chi connectivity index (χ2v) is 5.74. The van der Waals surface area contributed by atoms with Crippen molar-refractivity contribution in [1.82, 2.24) is 0 Å². The van der Waals surface area contributed by atoms with Crippen LogP contribution >= 0.6 is 15.9 Å². The molecule has 3 nitrogen and oxygen atoms in total. The molecular weight excluding hydrogens is 318 g/mol. The summed E-state index contributed by atoms with van der Waals surface area (Å²) in [7, 11) is 0. The summed E-state index contributed by atoms with van der Waals surface area (Å²) >= 11 is 3.35. The molecule has 0 saturated carbocycles. The van der Waals surface area contributed by atoms with Gasteiger partial charge in [-0.2, -0.15) is 0 Å². The van der Waals surface area contributed by atoms with Gasteiger partial charge in [-0.3, -0.25) is 4.79 Å². The van der Waals surface area contributed by atoms with Gasteiger partial charge in [0.05, 0.1) is 6.10 Å². The molecule has 0 saturated heterocycles. The van der Waals surface area contributed by atoms with Gasteiger partial charge in [-0.15, -0.1) is 6.58 Å². The lowest BCUT2D eigenvalue weighted by atomic mass is 10.1. The standard InChI is InChI=1S/C8H10BrN.C4H8O2.C4H8/c1-6(10)7-2-4-8(9)5-3-7;1-4(2)6-3-5;1-4(2)3/h2-6H,10H2,1H3;3-4H,1-2H3;1H2,2-3H3. The van der Waals surface area contributed by atoms with Crippen LogP contribution in [0.4, 0.5) is 0 Å². The third kappa shape index (κ3) is 16.9. The highest BCUT2D eigenvalue weighted by Gasteiger charge is 1.96. The zero-order valence-electron chi connectivity index (χ0n) is 13.0. The summed E-state index contributed by atoms with van der Waals surface area (Å²) < 4.78 is 5.46. The van der Waals surface area contributed by atoms with Crippen molar-refractivity contribution in [3.8, 4) is 0 Å². The number of hydrogen-bond donors (Lipinski definition) is 1. The predicted octanol–water partition coefficient (Wildman–Crippen LogP) is 4.62. The molecule has 0 spiro atoms. The van der Waals surface area contributed by atoms with Gasteiger partial charge < -0.3 is 10.5 Å². The molecule has 0 amide bonds. The molecule has 1 unspecified atom stereocenters. The molecule has 1 atom stereocenters. The highest BCUT2D eigenvalue weighted by Crippen LogP contribution is 2.14. The molecule has 0 bridgehead atoms. The fourth-order valence-electron chi connectivity index (χ4n) is 0.877. The molecule has 4 heteroatoms. The van der Waals surface area contributed by atoms with Gasteiger partial charge in [-0.05, 0) is 52.3 Å². The van der Waals surface area contributed by atoms with Gasteiger partial charge in [0.2, 0.25) is 0 Å². The number of nitrogens with two attached hydrogens (primary N) is 1. The van der Waals surface area contributed by atoms with Crippen molar-refractivity contribution < 1.29 is 9.53 Å². The van der Waals surface area contributed by atoms with Crippen LogP contribution in [0.15, 0.2) is 40.9 Å². The maximum atomic E-state index is 9.39. The van der Waals surface area contributed by atoms with E-state index in [-0.39, 0.29) is 12.1 Å². The van der Waals surface area contributed by atoms with Crippen molar-refractivity contribution in [3.63, 3.8) is 0 Å². The Balaban J connectivity index is 0. The minimum Gasteiger partial charge on any atom is -0.465 e. The fourth-order valence-corrected chi connectivity index (χ4v) is 1.14. The van der Waals surface area contributed by atoms with Crippen LogP contribution < -0.4 is 5.73 Å². The summed E-state index contributed by atoms with van der Waals surface area (Å²) in [4.78, 5) is 9.39. The number of benzene rings is 1. The Kier molecular flexibility index (Phi) is 13.6. The molecule has 0 aromatic heterocycles. The number of hydrogen-bond acceptors (Lipinski definition) is 3. The number of halogens is 1. The van der Waals surface area contributed by atoms with Crippen LogP contribution in [-0.4, -0.2) is 12.6 Å². The Hall–Kier alpha value is -1.13. The highest BCUT2D eigenvalue weighted by molar-refractivity contribution is 9.10. The zero-order chi connectivity index (χ0) is 16.1. The third-order valence-corrected chi connectivity index (χ3v) is 2.25. The molecule has 0 aliphatic heterocycles. The molecule has 1 aromatic carbocycles. The normalized spacial score (nSPS) is 10.4. The summed E-state index contributed by atoms with van der Waals surface area (Å²) in [6.45, 7) is 13.5. The van der Waals surface area contributed by atoms with E-state index in [9.17, 15) is 4.79 Å². The van der Waals surface area contributed by atoms with Gasteiger partial charge >= 0.3 is 0 Å². The lowest BCUT2D eigenvalue weighted by Crippen LogP contribution is -2.03. The van der Waals surface area contributed by atoms with Crippen LogP contribution in [0, 0.1) is 0 Å². The third-order valence-electron chi connectivity index (χ3n) is 1.72. The first kappa shape index (κ1) is 21.2. The zero-order valence-corrected chi connectivity index (χ0v) is 14.6. The quantitative estimate of drug-likeness (QED) is 0.643. The van der Waals surface area contributed by atoms with Crippen molar-refractivity contribution in [2.75, 3.05) is 0 Å². The number of rotatable bonds is 3. The van der Waals surface area contributed by atoms with E-state index in [1.807, 2.05) is 45.0 Å². The van der Waals surface area contributed by atoms with E-state index < -0.39 is 0 Å². The molecule has 0 aliphatic carbocycles. The predicted molar refractivity (Wildman–Crippen MR) is 89.5 cm³/mol. The molecule has 1 rings (SSSR count). The van der Waals surface area contributed by atoms with Crippen LogP contribution in [0.1, 0.15) is 46.2 Å². The maximum absolute atomic E-state index is 9.39. The van der Waals surface area contributed by atoms with Crippen LogP contribution in [0.3, 0.4) is 0 Å². The number of carbonyl (C=O) groups excluding carboxylic acids is 1. The average molecular weight is 344 g/mol. The van der Waals surface area contributed by atoms with Crippen molar-refractivity contribution in [3.05, 3.63) is 46.5 Å². The van der Waals surface area contributed by atoms with Crippen molar-refractivity contribution >= 4 is 22.4 Å². The van der Waals surface area contributed by atoms with Crippen LogP contribution in [0.25, 0.3) is 0 Å². The molecule has 114 valence electrons. The second-order valence-electron chi connectivity index (χ2n) is 4.83. The van der Waals surface area contributed by atoms with E-state index in [0.29, 0.717) is 6.47 Å². The minimum absolute atomic E-state index is 0.0301. The summed E-state index contributed by atoms with van der Waals surface area (Å²) in [5.41, 5.74) is 7.98. The van der Waals surface area contributed by atoms with Crippen LogP contribution in [-0.2, 0) is 9.53 Å². The Bertz CT molecular complexity index is 369. The first-order chi connectivity index (χ1) is 9.20. The maximum Gasteiger partial charge on any atom is 0.293 e. The van der Waals surface area contributed by atoms with E-state index in [0.717, 1.165) is 4.47 Å². The molecule has 0 fully saturated rings. The number of carbonyl (C=O) groups is 1. The van der Waals surface area contributed by atoms with Gasteiger partial charge in [-0.1, -0.05) is 33.6 Å². The Morgan fingerprint density at radius 2 is 1.65 bits per heavy atom. The van der Waals surface area contributed by atoms with Gasteiger partial charge in [0.15, 0.2) is 0 Å². The van der Waals surface area contributed by atoms with Gasteiger partial charge in [-0.25, -0.2) is 0 Å². The summed E-state index contributed by atoms with van der Waals surface area (Å²) in [5, 5.41) is 0. The van der Waals surface area contributed by atoms with E-state index >= 15 is 0 Å². The second kappa shape index (κ2) is 12.9. The molecule has 0 radical (unpaired) electrons. The van der Waals surface area contributed by atoms with E-state index in [1.54, 1.807) is 13.8 Å². The average Bonchev–Trinajstić information content (AvgIpc) is 2.29. The molecule has 0 heterocycles. The van der Waals surface area contributed by atoms with Crippen LogP contribution in [0.2, 0.25) is 0 Å². The lowest BCUT2D eigenvalue weighted by molar-refractivity contribution is -0.131. The Morgan fingerprint density at radius 1 is 1.25 bits per heavy atom. The minimum atomic E-state index is 0.0301. The SMILES string of the molecule is C=C(C)C.CC(C)OC=O.CC(N)c1ccc(Br)cc1. The summed E-state index contributed by atoms with van der Waals surface area (Å²) in [6.07, 6.45) is 0.0301. The van der Waals surface area contributed by atoms with Crippen molar-refractivity contribution in [1.29, 1.82) is 0 Å². The first-order valence-electron chi connectivity index (χ1n) is 6.43. The van der Waals surface area contributed by atoms with Gasteiger partial charge in [0.1, 0.15) is 0 Å². The monoisotopic (exact) mass is 343 g/mol. The van der Waals surface area contributed by atoms with E-state index in [2.05, 4.69) is 27.2 Å². The van der Waals surface area contributed by atoms with Gasteiger partial charge in [0.25, 0.3) is 6.47 Å². The molecule has 20 heavy (non-hydrogen) atoms. The van der Waals surface area contributed by atoms with Crippen LogP contribution in [0.5, 0.6) is 0 Å². The van der Waals surface area contributed by atoms with Gasteiger partial charge in [0, 0.05) is 10.5 Å². The molecule has 1 aromatic rings. The Morgan fingerprint density at radius 3 is 1.85 bits per heavy atom. The Labute approximate surface area is 131 Å². The number of allylic oxidation sites excluding steroid dienone is 1. The smallest absolute Gasteiger partial charge is 0.293 e. The lowest BCUT2D eigenvalue weighted by Gasteiger charge is -2.03. The van der Waals surface area contributed by atoms with E-state index in [1.165, 1.54) is 11.1 Å². The summed E-state index contributed by atoms with van der Waals surface area (Å²) in [6, 6.07) is 8.18. The molecular formula is C16H26BrNO2. The molecule has 0 aliphatic rings. The largest absolute Gasteiger partial charge is 0.465 e. The topological polar surface area (TPSA) is 52.3 Å². The highest BCUT2D eigenvalue weighted by atomic mass is 79.9. The van der Waals surface area contributed by atoms with Crippen molar-refractivity contribution in [2.45, 2.75) is 46.8 Å². The number of ether oxygens (including phenoxy) is 1. The van der Waals surface area contributed by atoms with E-state index in [4.69, 9.17) is 5.73 Å². The summed E-state index contributed by atoms with van der Waals surface area (Å²) in [5.74, 6) is 0. The van der Waals surface area contributed by atoms with Crippen molar-refractivity contribution in [2.24, 2.45) is 5.73 Å².